The molecule has 2 atom stereocenters. The lowest BCUT2D eigenvalue weighted by Gasteiger charge is -2.24. The van der Waals surface area contributed by atoms with Gasteiger partial charge in [0.15, 0.2) is 11.2 Å². The van der Waals surface area contributed by atoms with E-state index in [9.17, 15) is 0 Å². The highest BCUT2D eigenvalue weighted by atomic mass is 16.4. The molecule has 2 aliphatic rings. The highest BCUT2D eigenvalue weighted by Gasteiger charge is 2.26. The summed E-state index contributed by atoms with van der Waals surface area (Å²) in [6.07, 6.45) is 4.38. The van der Waals surface area contributed by atoms with Crippen molar-refractivity contribution in [3.63, 3.8) is 0 Å². The van der Waals surface area contributed by atoms with E-state index in [1.54, 1.807) is 0 Å². The van der Waals surface area contributed by atoms with Crippen LogP contribution in [0, 0.1) is 0 Å². The van der Waals surface area contributed by atoms with E-state index >= 15 is 0 Å². The van der Waals surface area contributed by atoms with Crippen molar-refractivity contribution < 1.29 is 8.83 Å². The Balaban J connectivity index is 1.06. The number of amidine groups is 2. The molecular formula is C50H34N4O2. The molecule has 7 aromatic carbocycles. The Morgan fingerprint density at radius 2 is 0.732 bits per heavy atom. The van der Waals surface area contributed by atoms with Crippen LogP contribution in [0.1, 0.15) is 45.5 Å². The fraction of sp³-hybridized carbons (Fsp3) is 0.0400. The summed E-state index contributed by atoms with van der Waals surface area (Å²) in [6.45, 7) is 0. The monoisotopic (exact) mass is 722 g/mol. The van der Waals surface area contributed by atoms with Gasteiger partial charge in [-0.25, -0.2) is 9.98 Å². The third-order valence-corrected chi connectivity index (χ3v) is 10.8. The quantitative estimate of drug-likeness (QED) is 0.179. The standard InChI is InChI=1S/C50H34N4O2/c1-5-15-31(16-6-1)41-29-42(32-17-7-2-8-18-32)52-49(51-41)39-25-13-23-35-37-27-28-38-36-24-14-26-40(46(36)56-48(38)47(37)55-45(35)39)50-53-43(33-19-9-3-10-20-33)30-44(54-50)34-21-11-4-12-22-34/h1-30,41,43H,(H,51,52)(H,53,54). The van der Waals surface area contributed by atoms with Crippen LogP contribution in [0.5, 0.6) is 0 Å². The Labute approximate surface area is 322 Å². The SMILES string of the molecule is C1=C(c2ccccc2)N=C(c2cccc3c2oc2c3ccc3c4cccc(C5=NC(c6ccccc6)=CC(c6ccccc6)N5)c4oc32)NC1c1ccccc1. The summed E-state index contributed by atoms with van der Waals surface area (Å²) in [5.41, 5.74) is 10.9. The molecule has 0 aliphatic carbocycles. The third-order valence-electron chi connectivity index (χ3n) is 10.8. The number of fused-ring (bicyclic) bond motifs is 7. The summed E-state index contributed by atoms with van der Waals surface area (Å²) in [5, 5.41) is 11.4. The van der Waals surface area contributed by atoms with E-state index in [1.165, 1.54) is 0 Å². The largest absolute Gasteiger partial charge is 0.451 e. The second kappa shape index (κ2) is 13.1. The van der Waals surface area contributed by atoms with Crippen molar-refractivity contribution in [2.75, 3.05) is 0 Å². The van der Waals surface area contributed by atoms with Gasteiger partial charge in [-0.15, -0.1) is 0 Å². The van der Waals surface area contributed by atoms with Crippen LogP contribution in [0.15, 0.2) is 201 Å². The van der Waals surface area contributed by atoms with Gasteiger partial charge in [-0.2, -0.15) is 0 Å². The summed E-state index contributed by atoms with van der Waals surface area (Å²) < 4.78 is 13.8. The molecule has 56 heavy (non-hydrogen) atoms. The first kappa shape index (κ1) is 32.0. The van der Waals surface area contributed by atoms with Crippen molar-refractivity contribution >= 4 is 66.9 Å². The molecule has 6 heteroatoms. The topological polar surface area (TPSA) is 75.1 Å². The predicted molar refractivity (Wildman–Crippen MR) is 228 cm³/mol. The first-order chi connectivity index (χ1) is 27.7. The van der Waals surface area contributed by atoms with Gasteiger partial charge in [0, 0.05) is 21.5 Å². The second-order valence-electron chi connectivity index (χ2n) is 14.2. The van der Waals surface area contributed by atoms with E-state index in [0.717, 1.165) is 89.2 Å². The lowest BCUT2D eigenvalue weighted by molar-refractivity contribution is 0.631. The van der Waals surface area contributed by atoms with Gasteiger partial charge < -0.3 is 19.5 Å². The minimum absolute atomic E-state index is 0.0749. The van der Waals surface area contributed by atoms with Crippen molar-refractivity contribution in [1.29, 1.82) is 0 Å². The van der Waals surface area contributed by atoms with Gasteiger partial charge in [-0.1, -0.05) is 146 Å². The number of nitrogens with one attached hydrogen (secondary N) is 2. The number of nitrogens with zero attached hydrogens (tertiary/aromatic N) is 2. The zero-order valence-corrected chi connectivity index (χ0v) is 30.2. The number of benzene rings is 7. The van der Waals surface area contributed by atoms with Crippen molar-refractivity contribution in [2.45, 2.75) is 12.1 Å². The highest BCUT2D eigenvalue weighted by Crippen LogP contribution is 2.41. The number of aliphatic imine (C=N–C) groups is 2. The van der Waals surface area contributed by atoms with Crippen LogP contribution in [0.2, 0.25) is 0 Å². The first-order valence-electron chi connectivity index (χ1n) is 18.9. The number of hydrogen-bond acceptors (Lipinski definition) is 6. The molecule has 0 bridgehead atoms. The molecule has 0 fully saturated rings. The molecule has 11 rings (SSSR count). The molecular weight excluding hydrogens is 689 g/mol. The maximum Gasteiger partial charge on any atom is 0.178 e. The van der Waals surface area contributed by atoms with Gasteiger partial charge in [0.2, 0.25) is 0 Å². The molecule has 0 radical (unpaired) electrons. The van der Waals surface area contributed by atoms with Crippen LogP contribution in [0.4, 0.5) is 0 Å². The molecule has 2 unspecified atom stereocenters. The highest BCUT2D eigenvalue weighted by molar-refractivity contribution is 6.23. The zero-order valence-electron chi connectivity index (χ0n) is 30.2. The molecule has 6 nitrogen and oxygen atoms in total. The lowest BCUT2D eigenvalue weighted by atomic mass is 9.99. The Morgan fingerprint density at radius 3 is 1.14 bits per heavy atom. The molecule has 9 aromatic rings. The molecule has 0 saturated heterocycles. The van der Waals surface area contributed by atoms with Crippen LogP contribution in [-0.4, -0.2) is 11.7 Å². The van der Waals surface area contributed by atoms with Crippen LogP contribution >= 0.6 is 0 Å². The van der Waals surface area contributed by atoms with Crippen molar-refractivity contribution in [3.05, 3.63) is 215 Å². The lowest BCUT2D eigenvalue weighted by Crippen LogP contribution is -2.31. The summed E-state index contributed by atoms with van der Waals surface area (Å²) in [4.78, 5) is 10.4. The Bertz CT molecular complexity index is 2860. The van der Waals surface area contributed by atoms with Gasteiger partial charge in [0.1, 0.15) is 22.8 Å². The van der Waals surface area contributed by atoms with Crippen molar-refractivity contribution in [3.8, 4) is 0 Å². The van der Waals surface area contributed by atoms with E-state index in [0.29, 0.717) is 11.2 Å². The van der Waals surface area contributed by atoms with Gasteiger partial charge >= 0.3 is 0 Å². The average molecular weight is 723 g/mol. The number of furan rings is 2. The van der Waals surface area contributed by atoms with Crippen molar-refractivity contribution in [1.82, 2.24) is 10.6 Å². The van der Waals surface area contributed by atoms with E-state index < -0.39 is 0 Å². The van der Waals surface area contributed by atoms with E-state index in [-0.39, 0.29) is 12.1 Å². The molecule has 2 aromatic heterocycles. The van der Waals surface area contributed by atoms with Crippen LogP contribution in [-0.2, 0) is 0 Å². The van der Waals surface area contributed by atoms with Gasteiger partial charge in [0.05, 0.1) is 34.6 Å². The van der Waals surface area contributed by atoms with E-state index in [4.69, 9.17) is 18.8 Å². The van der Waals surface area contributed by atoms with Gasteiger partial charge in [-0.05, 0) is 58.7 Å². The molecule has 0 saturated carbocycles. The minimum atomic E-state index is -0.0749. The Hall–Kier alpha value is -7.44. The van der Waals surface area contributed by atoms with Crippen LogP contribution in [0.25, 0.3) is 55.3 Å². The van der Waals surface area contributed by atoms with E-state index in [2.05, 4.69) is 144 Å². The molecule has 266 valence electrons. The molecule has 0 spiro atoms. The minimum Gasteiger partial charge on any atom is -0.451 e. The second-order valence-corrected chi connectivity index (χ2v) is 14.2. The molecule has 2 N–H and O–H groups in total. The maximum atomic E-state index is 6.91. The molecule has 0 amide bonds. The Morgan fingerprint density at radius 1 is 0.357 bits per heavy atom. The maximum absolute atomic E-state index is 6.91. The normalized spacial score (nSPS) is 16.9. The summed E-state index contributed by atoms with van der Waals surface area (Å²) in [5.74, 6) is 1.51. The smallest absolute Gasteiger partial charge is 0.178 e. The zero-order chi connectivity index (χ0) is 37.0. The fourth-order valence-corrected chi connectivity index (χ4v) is 8.05. The summed E-state index contributed by atoms with van der Waals surface area (Å²) >= 11 is 0. The predicted octanol–water partition coefficient (Wildman–Crippen LogP) is 11.7. The van der Waals surface area contributed by atoms with E-state index in [1.807, 2.05) is 48.5 Å². The van der Waals surface area contributed by atoms with Crippen LogP contribution in [0.3, 0.4) is 0 Å². The van der Waals surface area contributed by atoms with Crippen molar-refractivity contribution in [2.24, 2.45) is 9.98 Å². The summed E-state index contributed by atoms with van der Waals surface area (Å²) in [6, 6.07) is 58.2. The number of hydrogen-bond donors (Lipinski definition) is 2. The number of para-hydroxylation sites is 2. The number of rotatable bonds is 6. The van der Waals surface area contributed by atoms with Gasteiger partial charge in [0.25, 0.3) is 0 Å². The molecule has 4 heterocycles. The van der Waals surface area contributed by atoms with Crippen LogP contribution < -0.4 is 10.6 Å². The summed E-state index contributed by atoms with van der Waals surface area (Å²) in [7, 11) is 0. The first-order valence-corrected chi connectivity index (χ1v) is 18.9. The Kier molecular flexibility index (Phi) is 7.52. The van der Waals surface area contributed by atoms with Gasteiger partial charge in [-0.3, -0.25) is 0 Å². The molecule has 2 aliphatic heterocycles. The fourth-order valence-electron chi connectivity index (χ4n) is 8.05. The average Bonchev–Trinajstić information content (AvgIpc) is 3.86. The third kappa shape index (κ3) is 5.42.